The van der Waals surface area contributed by atoms with E-state index in [1.807, 2.05) is 18.2 Å². The summed E-state index contributed by atoms with van der Waals surface area (Å²) < 4.78 is 4.62. The highest BCUT2D eigenvalue weighted by Crippen LogP contribution is 2.38. The largest absolute Gasteiger partial charge is 0.466 e. The minimum Gasteiger partial charge on any atom is -0.466 e. The SMILES string of the molecule is C=CCC[C@H]1CC[C@H](c2ccc(-c3ccc(C=CC(=O)OC)cc3)cc2)CC1. The Balaban J connectivity index is 1.59. The Hall–Kier alpha value is -2.61. The number of hydrogen-bond acceptors (Lipinski definition) is 2. The third-order valence-electron chi connectivity index (χ3n) is 5.86. The van der Waals surface area contributed by atoms with E-state index in [9.17, 15) is 4.79 Å². The number of ether oxygens (including phenoxy) is 1. The molecule has 0 N–H and O–H groups in total. The van der Waals surface area contributed by atoms with Gasteiger partial charge in [0.25, 0.3) is 0 Å². The van der Waals surface area contributed by atoms with Crippen molar-refractivity contribution in [2.45, 2.75) is 44.4 Å². The molecule has 1 aliphatic rings. The highest BCUT2D eigenvalue weighted by Gasteiger charge is 2.21. The van der Waals surface area contributed by atoms with Crippen LogP contribution in [0.2, 0.25) is 0 Å². The monoisotopic (exact) mass is 374 g/mol. The fraction of sp³-hybridized carbons (Fsp3) is 0.346. The van der Waals surface area contributed by atoms with Crippen LogP contribution in [-0.2, 0) is 9.53 Å². The quantitative estimate of drug-likeness (QED) is 0.303. The Morgan fingerprint density at radius 3 is 2.18 bits per heavy atom. The van der Waals surface area contributed by atoms with Gasteiger partial charge in [0.15, 0.2) is 0 Å². The minimum absolute atomic E-state index is 0.339. The molecule has 0 amide bonds. The van der Waals surface area contributed by atoms with Gasteiger partial charge in [0, 0.05) is 6.08 Å². The van der Waals surface area contributed by atoms with Gasteiger partial charge in [0.2, 0.25) is 0 Å². The van der Waals surface area contributed by atoms with Crippen LogP contribution in [0.3, 0.4) is 0 Å². The molecule has 0 aromatic heterocycles. The summed E-state index contributed by atoms with van der Waals surface area (Å²) in [6.07, 6.45) is 13.0. The van der Waals surface area contributed by atoms with Crippen LogP contribution < -0.4 is 0 Å². The Morgan fingerprint density at radius 2 is 1.61 bits per heavy atom. The Labute approximate surface area is 168 Å². The van der Waals surface area contributed by atoms with Crippen molar-refractivity contribution < 1.29 is 9.53 Å². The van der Waals surface area contributed by atoms with Crippen LogP contribution in [0.25, 0.3) is 17.2 Å². The van der Waals surface area contributed by atoms with Crippen molar-refractivity contribution >= 4 is 12.0 Å². The molecular formula is C26H30O2. The highest BCUT2D eigenvalue weighted by atomic mass is 16.5. The van der Waals surface area contributed by atoms with Gasteiger partial charge >= 0.3 is 5.97 Å². The van der Waals surface area contributed by atoms with Gasteiger partial charge in [-0.05, 0) is 78.7 Å². The number of benzene rings is 2. The lowest BCUT2D eigenvalue weighted by molar-refractivity contribution is -0.134. The van der Waals surface area contributed by atoms with Crippen LogP contribution >= 0.6 is 0 Å². The molecule has 2 heteroatoms. The Bertz CT molecular complexity index is 791. The molecule has 0 aliphatic heterocycles. The van der Waals surface area contributed by atoms with Crippen molar-refractivity contribution in [3.05, 3.63) is 78.4 Å². The van der Waals surface area contributed by atoms with E-state index in [1.54, 1.807) is 6.08 Å². The first-order chi connectivity index (χ1) is 13.7. The third-order valence-corrected chi connectivity index (χ3v) is 5.86. The van der Waals surface area contributed by atoms with Crippen LogP contribution in [0, 0.1) is 5.92 Å². The van der Waals surface area contributed by atoms with Gasteiger partial charge in [-0.1, -0.05) is 54.6 Å². The van der Waals surface area contributed by atoms with E-state index >= 15 is 0 Å². The third kappa shape index (κ3) is 5.45. The summed E-state index contributed by atoms with van der Waals surface area (Å²) in [6, 6.07) is 17.3. The minimum atomic E-state index is -0.339. The molecular weight excluding hydrogens is 344 g/mol. The van der Waals surface area contributed by atoms with Gasteiger partial charge in [0.1, 0.15) is 0 Å². The predicted octanol–water partition coefficient (Wildman–Crippen LogP) is 6.78. The Kier molecular flexibility index (Phi) is 7.25. The smallest absolute Gasteiger partial charge is 0.330 e. The zero-order chi connectivity index (χ0) is 19.8. The molecule has 0 bridgehead atoms. The van der Waals surface area contributed by atoms with E-state index in [0.29, 0.717) is 5.92 Å². The molecule has 1 aliphatic carbocycles. The average Bonchev–Trinajstić information content (AvgIpc) is 2.77. The van der Waals surface area contributed by atoms with Gasteiger partial charge in [0.05, 0.1) is 7.11 Å². The molecule has 0 heterocycles. The number of hydrogen-bond donors (Lipinski definition) is 0. The molecule has 2 nitrogen and oxygen atoms in total. The van der Waals surface area contributed by atoms with E-state index in [1.165, 1.54) is 62.0 Å². The second-order valence-electron chi connectivity index (χ2n) is 7.68. The number of allylic oxidation sites excluding steroid dienone is 1. The molecule has 0 saturated heterocycles. The van der Waals surface area contributed by atoms with Gasteiger partial charge < -0.3 is 4.74 Å². The predicted molar refractivity (Wildman–Crippen MR) is 117 cm³/mol. The van der Waals surface area contributed by atoms with Crippen LogP contribution in [0.4, 0.5) is 0 Å². The molecule has 2 aromatic rings. The lowest BCUT2D eigenvalue weighted by Gasteiger charge is -2.28. The molecule has 0 unspecified atom stereocenters. The molecule has 28 heavy (non-hydrogen) atoms. The second-order valence-corrected chi connectivity index (χ2v) is 7.68. The fourth-order valence-corrected chi connectivity index (χ4v) is 4.10. The molecule has 1 saturated carbocycles. The van der Waals surface area contributed by atoms with E-state index in [4.69, 9.17) is 0 Å². The first kappa shape index (κ1) is 20.1. The standard InChI is InChI=1S/C26H30O2/c1-3-4-5-20-6-11-22(12-7-20)24-15-17-25(18-16-24)23-13-8-21(9-14-23)10-19-26(27)28-2/h3,8-10,13-20,22H,1,4-7,11-12H2,2H3/t20-,22-. The van der Waals surface area contributed by atoms with Crippen molar-refractivity contribution in [2.24, 2.45) is 5.92 Å². The second kappa shape index (κ2) is 10.1. The first-order valence-electron chi connectivity index (χ1n) is 10.3. The lowest BCUT2D eigenvalue weighted by Crippen LogP contribution is -2.13. The number of methoxy groups -OCH3 is 1. The molecule has 2 aromatic carbocycles. The number of carbonyl (C=O) groups excluding carboxylic acids is 1. The summed E-state index contributed by atoms with van der Waals surface area (Å²) in [5.74, 6) is 1.26. The van der Waals surface area contributed by atoms with Gasteiger partial charge in [-0.15, -0.1) is 6.58 Å². The Morgan fingerprint density at radius 1 is 1.00 bits per heavy atom. The normalized spacial score (nSPS) is 19.5. The molecule has 1 fully saturated rings. The molecule has 0 radical (unpaired) electrons. The van der Waals surface area contributed by atoms with Gasteiger partial charge in [-0.25, -0.2) is 4.79 Å². The highest BCUT2D eigenvalue weighted by molar-refractivity contribution is 5.87. The number of rotatable bonds is 7. The van der Waals surface area contributed by atoms with Crippen molar-refractivity contribution in [3.8, 4) is 11.1 Å². The maximum Gasteiger partial charge on any atom is 0.330 e. The maximum atomic E-state index is 11.2. The van der Waals surface area contributed by atoms with Crippen molar-refractivity contribution in [3.63, 3.8) is 0 Å². The van der Waals surface area contributed by atoms with Crippen molar-refractivity contribution in [2.75, 3.05) is 7.11 Å². The summed E-state index contributed by atoms with van der Waals surface area (Å²) >= 11 is 0. The molecule has 0 spiro atoms. The fourth-order valence-electron chi connectivity index (χ4n) is 4.10. The van der Waals surface area contributed by atoms with E-state index in [-0.39, 0.29) is 5.97 Å². The van der Waals surface area contributed by atoms with Gasteiger partial charge in [-0.2, -0.15) is 0 Å². The van der Waals surface area contributed by atoms with E-state index in [0.717, 1.165) is 17.9 Å². The number of carbonyl (C=O) groups is 1. The van der Waals surface area contributed by atoms with Gasteiger partial charge in [-0.3, -0.25) is 0 Å². The zero-order valence-electron chi connectivity index (χ0n) is 16.8. The van der Waals surface area contributed by atoms with E-state index < -0.39 is 0 Å². The first-order valence-corrected chi connectivity index (χ1v) is 10.3. The van der Waals surface area contributed by atoms with Crippen LogP contribution in [0.1, 0.15) is 55.6 Å². The summed E-state index contributed by atoms with van der Waals surface area (Å²) in [5, 5.41) is 0. The van der Waals surface area contributed by atoms with E-state index in [2.05, 4.69) is 47.7 Å². The van der Waals surface area contributed by atoms with Crippen LogP contribution in [0.5, 0.6) is 0 Å². The van der Waals surface area contributed by atoms with Crippen molar-refractivity contribution in [1.82, 2.24) is 0 Å². The summed E-state index contributed by atoms with van der Waals surface area (Å²) in [7, 11) is 1.38. The summed E-state index contributed by atoms with van der Waals surface area (Å²) in [5.41, 5.74) is 4.88. The molecule has 0 atom stereocenters. The van der Waals surface area contributed by atoms with Crippen molar-refractivity contribution in [1.29, 1.82) is 0 Å². The topological polar surface area (TPSA) is 26.3 Å². The molecule has 146 valence electrons. The average molecular weight is 375 g/mol. The van der Waals surface area contributed by atoms with Crippen LogP contribution in [0.15, 0.2) is 67.3 Å². The maximum absolute atomic E-state index is 11.2. The number of esters is 1. The lowest BCUT2D eigenvalue weighted by atomic mass is 9.77. The summed E-state index contributed by atoms with van der Waals surface area (Å²) in [6.45, 7) is 3.84. The van der Waals surface area contributed by atoms with Crippen LogP contribution in [-0.4, -0.2) is 13.1 Å². The summed E-state index contributed by atoms with van der Waals surface area (Å²) in [4.78, 5) is 11.2. The molecule has 3 rings (SSSR count). The zero-order valence-corrected chi connectivity index (χ0v) is 16.8.